The summed E-state index contributed by atoms with van der Waals surface area (Å²) in [5.74, 6) is -4.02. The maximum atomic E-state index is 12.8. The summed E-state index contributed by atoms with van der Waals surface area (Å²) in [7, 11) is 0.950. The van der Waals surface area contributed by atoms with E-state index in [1.807, 2.05) is 0 Å². The highest BCUT2D eigenvalue weighted by Crippen LogP contribution is 2.51. The number of aromatic hydroxyl groups is 2. The van der Waals surface area contributed by atoms with Crippen molar-refractivity contribution < 1.29 is 39.9 Å². The fourth-order valence-corrected chi connectivity index (χ4v) is 3.22. The molecule has 1 aliphatic carbocycles. The van der Waals surface area contributed by atoms with Crippen LogP contribution in [-0.4, -0.2) is 50.0 Å². The van der Waals surface area contributed by atoms with Crippen LogP contribution >= 0.6 is 0 Å². The lowest BCUT2D eigenvalue weighted by Gasteiger charge is -2.36. The molecule has 0 saturated heterocycles. The van der Waals surface area contributed by atoms with Gasteiger partial charge in [-0.15, -0.1) is 0 Å². The number of carbonyl (C=O) groups excluding carboxylic acids is 2. The Morgan fingerprint density at radius 2 is 1.37 bits per heavy atom. The molecule has 0 aliphatic heterocycles. The summed E-state index contributed by atoms with van der Waals surface area (Å²) in [6.45, 7) is 0. The van der Waals surface area contributed by atoms with Crippen molar-refractivity contribution in [3.8, 4) is 11.5 Å². The molecule has 0 aromatic heterocycles. The number of rotatable bonds is 3. The molecule has 0 fully saturated rings. The molecule has 8 heteroatoms. The summed E-state index contributed by atoms with van der Waals surface area (Å²) >= 11 is 0. The van der Waals surface area contributed by atoms with Crippen LogP contribution in [0.25, 0.3) is 5.57 Å². The molecule has 2 atom stereocenters. The number of hydrogen-bond acceptors (Lipinski definition) is 8. The van der Waals surface area contributed by atoms with Crippen molar-refractivity contribution in [3.05, 3.63) is 65.4 Å². The summed E-state index contributed by atoms with van der Waals surface area (Å²) < 4.78 is 4.60. The maximum Gasteiger partial charge on any atom is 0.346 e. The lowest BCUT2D eigenvalue weighted by molar-refractivity contribution is -0.184. The molecule has 8 nitrogen and oxygen atoms in total. The van der Waals surface area contributed by atoms with E-state index in [0.29, 0.717) is 0 Å². The highest BCUT2D eigenvalue weighted by atomic mass is 16.5. The van der Waals surface area contributed by atoms with E-state index in [4.69, 9.17) is 0 Å². The van der Waals surface area contributed by atoms with Gasteiger partial charge in [0.05, 0.1) is 12.7 Å². The second-order valence-corrected chi connectivity index (χ2v) is 6.06. The number of carbonyl (C=O) groups is 2. The van der Waals surface area contributed by atoms with Crippen LogP contribution in [0.3, 0.4) is 0 Å². The molecule has 5 N–H and O–H groups in total. The molecular formula is C19H16O8. The first-order valence-corrected chi connectivity index (χ1v) is 7.78. The molecule has 0 unspecified atom stereocenters. The molecule has 0 radical (unpaired) electrons. The van der Waals surface area contributed by atoms with Crippen molar-refractivity contribution in [2.24, 2.45) is 0 Å². The number of ketones is 1. The quantitative estimate of drug-likeness (QED) is 0.496. The summed E-state index contributed by atoms with van der Waals surface area (Å²) in [6, 6.07) is 9.50. The van der Waals surface area contributed by atoms with Crippen LogP contribution in [0.2, 0.25) is 0 Å². The average Bonchev–Trinajstić information content (AvgIpc) is 2.82. The summed E-state index contributed by atoms with van der Waals surface area (Å²) in [5.41, 5.74) is -6.66. The number of phenols is 2. The standard InChI is InChI=1S/C19H16O8/c1-27-17(24)19(26)14(10-2-6-12(20)7-3-10)15(22)16(23)18(19,25)11-4-8-13(21)9-5-11/h2-9,20-22,25-26H,1H3/t18-,19-/m1/s1. The smallest absolute Gasteiger partial charge is 0.346 e. The number of phenolic OH excluding ortho intramolecular Hbond substituents is 2. The number of hydrogen-bond donors (Lipinski definition) is 5. The number of methoxy groups -OCH3 is 1. The van der Waals surface area contributed by atoms with Crippen molar-refractivity contribution in [3.63, 3.8) is 0 Å². The Hall–Kier alpha value is -3.36. The van der Waals surface area contributed by atoms with Crippen LogP contribution in [0, 0.1) is 0 Å². The minimum atomic E-state index is -2.98. The van der Waals surface area contributed by atoms with Gasteiger partial charge in [0.25, 0.3) is 0 Å². The zero-order valence-corrected chi connectivity index (χ0v) is 14.1. The van der Waals surface area contributed by atoms with Gasteiger partial charge < -0.3 is 30.3 Å². The normalized spacial score (nSPS) is 24.9. The number of Topliss-reactive ketones (excluding diaryl/α,β-unsaturated/α-hetero) is 1. The van der Waals surface area contributed by atoms with Crippen LogP contribution in [0.15, 0.2) is 54.3 Å². The third kappa shape index (κ3) is 2.38. The van der Waals surface area contributed by atoms with Crippen molar-refractivity contribution in [1.82, 2.24) is 0 Å². The Morgan fingerprint density at radius 3 is 1.85 bits per heavy atom. The first-order chi connectivity index (χ1) is 12.7. The lowest BCUT2D eigenvalue weighted by atomic mass is 9.75. The fourth-order valence-electron chi connectivity index (χ4n) is 3.22. The minimum absolute atomic E-state index is 0.0150. The van der Waals surface area contributed by atoms with E-state index < -0.39 is 34.3 Å². The van der Waals surface area contributed by atoms with Crippen molar-refractivity contribution >= 4 is 17.3 Å². The molecule has 0 spiro atoms. The van der Waals surface area contributed by atoms with Crippen LogP contribution in [0.4, 0.5) is 0 Å². The van der Waals surface area contributed by atoms with Gasteiger partial charge in [0.1, 0.15) is 11.5 Å². The zero-order chi connectivity index (χ0) is 20.0. The van der Waals surface area contributed by atoms with Crippen LogP contribution in [-0.2, 0) is 19.9 Å². The van der Waals surface area contributed by atoms with Gasteiger partial charge >= 0.3 is 5.97 Å². The van der Waals surface area contributed by atoms with Gasteiger partial charge in [-0.3, -0.25) is 4.79 Å². The highest BCUT2D eigenvalue weighted by molar-refractivity contribution is 6.21. The Labute approximate surface area is 153 Å². The number of aliphatic hydroxyl groups is 3. The Bertz CT molecular complexity index is 945. The van der Waals surface area contributed by atoms with E-state index in [0.717, 1.165) is 31.4 Å². The second-order valence-electron chi connectivity index (χ2n) is 6.06. The topological polar surface area (TPSA) is 145 Å². The van der Waals surface area contributed by atoms with E-state index in [1.54, 1.807) is 0 Å². The van der Waals surface area contributed by atoms with Gasteiger partial charge in [0.2, 0.25) is 11.4 Å². The fraction of sp³-hybridized carbons (Fsp3) is 0.158. The molecular weight excluding hydrogens is 356 g/mol. The van der Waals surface area contributed by atoms with Crippen molar-refractivity contribution in [2.75, 3.05) is 7.11 Å². The maximum absolute atomic E-state index is 12.8. The second kappa shape index (κ2) is 6.11. The summed E-state index contributed by atoms with van der Waals surface area (Å²) in [6.07, 6.45) is 0. The van der Waals surface area contributed by atoms with Gasteiger partial charge in [-0.1, -0.05) is 24.3 Å². The lowest BCUT2D eigenvalue weighted by Crippen LogP contribution is -2.58. The molecule has 0 heterocycles. The average molecular weight is 372 g/mol. The predicted molar refractivity (Wildman–Crippen MR) is 91.6 cm³/mol. The third-order valence-corrected chi connectivity index (χ3v) is 4.59. The van der Waals surface area contributed by atoms with E-state index >= 15 is 0 Å². The predicted octanol–water partition coefficient (Wildman–Crippen LogP) is 0.741. The molecule has 2 aromatic rings. The first-order valence-electron chi connectivity index (χ1n) is 7.78. The Morgan fingerprint density at radius 1 is 0.889 bits per heavy atom. The van der Waals surface area contributed by atoms with Crippen LogP contribution in [0.1, 0.15) is 11.1 Å². The van der Waals surface area contributed by atoms with Crippen molar-refractivity contribution in [2.45, 2.75) is 11.2 Å². The summed E-state index contributed by atoms with van der Waals surface area (Å²) in [4.78, 5) is 25.3. The van der Waals surface area contributed by atoms with Gasteiger partial charge in [0.15, 0.2) is 11.4 Å². The number of benzene rings is 2. The SMILES string of the molecule is COC(=O)[C@]1(O)C(c2ccc(O)cc2)=C(O)C(=O)[C@]1(O)c1ccc(O)cc1. The largest absolute Gasteiger partial charge is 0.508 e. The Balaban J connectivity index is 2.31. The molecule has 140 valence electrons. The third-order valence-electron chi connectivity index (χ3n) is 4.59. The van der Waals surface area contributed by atoms with Gasteiger partial charge in [-0.05, 0) is 35.4 Å². The molecule has 1 aliphatic rings. The van der Waals surface area contributed by atoms with Gasteiger partial charge in [-0.2, -0.15) is 0 Å². The number of ether oxygens (including phenoxy) is 1. The summed E-state index contributed by atoms with van der Waals surface area (Å²) in [5, 5.41) is 51.7. The number of esters is 1. The molecule has 0 amide bonds. The Kier molecular flexibility index (Phi) is 4.17. The molecule has 0 saturated carbocycles. The monoisotopic (exact) mass is 372 g/mol. The first kappa shape index (κ1) is 18.4. The van der Waals surface area contributed by atoms with E-state index in [9.17, 15) is 35.1 Å². The molecule has 0 bridgehead atoms. The van der Waals surface area contributed by atoms with Crippen LogP contribution < -0.4 is 0 Å². The van der Waals surface area contributed by atoms with E-state index in [1.165, 1.54) is 24.3 Å². The molecule has 2 aromatic carbocycles. The molecule has 27 heavy (non-hydrogen) atoms. The molecule has 3 rings (SSSR count). The van der Waals surface area contributed by atoms with Crippen molar-refractivity contribution in [1.29, 1.82) is 0 Å². The minimum Gasteiger partial charge on any atom is -0.508 e. The van der Waals surface area contributed by atoms with Gasteiger partial charge in [0, 0.05) is 0 Å². The zero-order valence-electron chi connectivity index (χ0n) is 14.1. The van der Waals surface area contributed by atoms with E-state index in [-0.39, 0.29) is 22.6 Å². The van der Waals surface area contributed by atoms with Gasteiger partial charge in [-0.25, -0.2) is 4.79 Å². The number of aliphatic hydroxyl groups excluding tert-OH is 1. The van der Waals surface area contributed by atoms with E-state index in [2.05, 4.69) is 4.74 Å². The highest BCUT2D eigenvalue weighted by Gasteiger charge is 2.70. The van der Waals surface area contributed by atoms with Crippen LogP contribution in [0.5, 0.6) is 11.5 Å².